The van der Waals surface area contributed by atoms with Crippen LogP contribution in [0.4, 0.5) is 0 Å². The normalized spacial score (nSPS) is 22.0. The number of hydrogen-bond donors (Lipinski definition) is 0. The van der Waals surface area contributed by atoms with E-state index in [-0.39, 0.29) is 18.1 Å². The van der Waals surface area contributed by atoms with Crippen molar-refractivity contribution in [3.63, 3.8) is 0 Å². The van der Waals surface area contributed by atoms with Gasteiger partial charge in [-0.05, 0) is 23.9 Å². The predicted molar refractivity (Wildman–Crippen MR) is 111 cm³/mol. The third-order valence-electron chi connectivity index (χ3n) is 5.66. The first-order valence-electron chi connectivity index (χ1n) is 9.89. The van der Waals surface area contributed by atoms with Gasteiger partial charge in [0.1, 0.15) is 5.76 Å². The molecule has 0 radical (unpaired) electrons. The second-order valence-electron chi connectivity index (χ2n) is 7.54. The van der Waals surface area contributed by atoms with Crippen LogP contribution in [0.15, 0.2) is 52.3 Å². The van der Waals surface area contributed by atoms with Crippen LogP contribution in [0.5, 0.6) is 0 Å². The summed E-state index contributed by atoms with van der Waals surface area (Å²) in [6.07, 6.45) is 0.0420. The third-order valence-corrected chi connectivity index (χ3v) is 6.52. The molecular weight excluding hydrogens is 386 g/mol. The van der Waals surface area contributed by atoms with E-state index in [1.165, 1.54) is 5.56 Å². The zero-order chi connectivity index (χ0) is 19.8. The molecule has 2 aliphatic rings. The quantitative estimate of drug-likeness (QED) is 0.661. The number of carbonyl (C=O) groups excluding carboxylic acids is 1. The molecule has 0 spiro atoms. The van der Waals surface area contributed by atoms with Gasteiger partial charge in [0, 0.05) is 26.2 Å². The predicted octanol–water partition coefficient (Wildman–Crippen LogP) is 3.44. The number of amides is 1. The van der Waals surface area contributed by atoms with E-state index < -0.39 is 0 Å². The van der Waals surface area contributed by atoms with Gasteiger partial charge >= 0.3 is 0 Å². The summed E-state index contributed by atoms with van der Waals surface area (Å²) in [6.45, 7) is 5.50. The topological polar surface area (TPSA) is 58.8 Å². The molecule has 5 rings (SSSR count). The molecular formula is C22H23N3O3S. The lowest BCUT2D eigenvalue weighted by Gasteiger charge is -2.36. The van der Waals surface area contributed by atoms with Crippen LogP contribution in [-0.4, -0.2) is 59.1 Å². The number of rotatable bonds is 4. The minimum Gasteiger partial charge on any atom is -0.440 e. The molecule has 6 nitrogen and oxygen atoms in total. The maximum absolute atomic E-state index is 13.2. The highest BCUT2D eigenvalue weighted by atomic mass is 32.1. The minimum absolute atomic E-state index is 0.0420. The molecule has 1 amide bonds. The van der Waals surface area contributed by atoms with Crippen LogP contribution >= 0.6 is 11.3 Å². The van der Waals surface area contributed by atoms with Crippen molar-refractivity contribution in [1.82, 2.24) is 14.8 Å². The highest BCUT2D eigenvalue weighted by molar-refractivity contribution is 7.13. The smallest absolute Gasteiger partial charge is 0.276 e. The molecule has 150 valence electrons. The number of hydrogen-bond acceptors (Lipinski definition) is 6. The molecule has 2 aromatic heterocycles. The SMILES string of the molecule is Cc1oc(-c2cccs2)nc1C(=O)N1C[C@@H]2[C@@H](C1)OCCN2Cc1ccccc1. The van der Waals surface area contributed by atoms with Gasteiger partial charge in [-0.2, -0.15) is 0 Å². The Morgan fingerprint density at radius 1 is 1.21 bits per heavy atom. The van der Waals surface area contributed by atoms with E-state index in [0.717, 1.165) is 18.0 Å². The van der Waals surface area contributed by atoms with E-state index in [0.29, 0.717) is 37.0 Å². The van der Waals surface area contributed by atoms with E-state index in [1.54, 1.807) is 18.3 Å². The second-order valence-corrected chi connectivity index (χ2v) is 8.49. The summed E-state index contributed by atoms with van der Waals surface area (Å²) in [4.78, 5) is 22.9. The lowest BCUT2D eigenvalue weighted by atomic mass is 10.1. The fraction of sp³-hybridized carbons (Fsp3) is 0.364. The molecule has 2 aliphatic heterocycles. The van der Waals surface area contributed by atoms with E-state index in [9.17, 15) is 4.79 Å². The van der Waals surface area contributed by atoms with Crippen molar-refractivity contribution in [1.29, 1.82) is 0 Å². The van der Waals surface area contributed by atoms with Crippen LogP contribution < -0.4 is 0 Å². The summed E-state index contributed by atoms with van der Waals surface area (Å²) < 4.78 is 11.8. The van der Waals surface area contributed by atoms with Crippen LogP contribution in [0.3, 0.4) is 0 Å². The molecule has 4 heterocycles. The summed E-state index contributed by atoms with van der Waals surface area (Å²) in [5, 5.41) is 1.97. The average Bonchev–Trinajstić information content (AvgIpc) is 3.48. The van der Waals surface area contributed by atoms with Gasteiger partial charge < -0.3 is 14.1 Å². The molecule has 0 bridgehead atoms. The Morgan fingerprint density at radius 2 is 2.07 bits per heavy atom. The van der Waals surface area contributed by atoms with Crippen molar-refractivity contribution in [2.24, 2.45) is 0 Å². The van der Waals surface area contributed by atoms with Gasteiger partial charge in [-0.25, -0.2) is 4.98 Å². The zero-order valence-corrected chi connectivity index (χ0v) is 17.1. The van der Waals surface area contributed by atoms with Crippen molar-refractivity contribution < 1.29 is 13.9 Å². The Bertz CT molecular complexity index is 986. The maximum Gasteiger partial charge on any atom is 0.276 e. The third kappa shape index (κ3) is 3.61. The second kappa shape index (κ2) is 7.74. The number of fused-ring (bicyclic) bond motifs is 1. The van der Waals surface area contributed by atoms with E-state index in [1.807, 2.05) is 28.5 Å². The van der Waals surface area contributed by atoms with Gasteiger partial charge in [0.15, 0.2) is 5.69 Å². The van der Waals surface area contributed by atoms with E-state index in [4.69, 9.17) is 9.15 Å². The number of morpholine rings is 1. The number of thiophene rings is 1. The molecule has 0 aliphatic carbocycles. The van der Waals surface area contributed by atoms with Gasteiger partial charge in [0.05, 0.1) is 23.6 Å². The summed E-state index contributed by atoms with van der Waals surface area (Å²) >= 11 is 1.55. The first kappa shape index (κ1) is 18.5. The number of nitrogens with zero attached hydrogens (tertiary/aromatic N) is 3. The number of ether oxygens (including phenoxy) is 1. The van der Waals surface area contributed by atoms with Gasteiger partial charge in [0.25, 0.3) is 5.91 Å². The largest absolute Gasteiger partial charge is 0.440 e. The molecule has 7 heteroatoms. The molecule has 2 saturated heterocycles. The molecule has 0 unspecified atom stereocenters. The molecule has 1 aromatic carbocycles. The number of benzene rings is 1. The van der Waals surface area contributed by atoms with Crippen LogP contribution in [0.2, 0.25) is 0 Å². The Labute approximate surface area is 173 Å². The Kier molecular flexibility index (Phi) is 4.95. The highest BCUT2D eigenvalue weighted by Gasteiger charge is 2.42. The number of likely N-dealkylation sites (tertiary alicyclic amines) is 1. The zero-order valence-electron chi connectivity index (χ0n) is 16.3. The van der Waals surface area contributed by atoms with Crippen molar-refractivity contribution >= 4 is 17.2 Å². The maximum atomic E-state index is 13.2. The summed E-state index contributed by atoms with van der Waals surface area (Å²) in [5.41, 5.74) is 1.69. The monoisotopic (exact) mass is 409 g/mol. The first-order chi connectivity index (χ1) is 14.2. The Balaban J connectivity index is 1.32. The Morgan fingerprint density at radius 3 is 2.86 bits per heavy atom. The molecule has 29 heavy (non-hydrogen) atoms. The van der Waals surface area contributed by atoms with Crippen LogP contribution in [0.1, 0.15) is 21.8 Å². The molecule has 0 saturated carbocycles. The van der Waals surface area contributed by atoms with Crippen molar-refractivity contribution in [2.75, 3.05) is 26.2 Å². The average molecular weight is 410 g/mol. The lowest BCUT2D eigenvalue weighted by Crippen LogP contribution is -2.50. The lowest BCUT2D eigenvalue weighted by molar-refractivity contribution is -0.0503. The van der Waals surface area contributed by atoms with Crippen LogP contribution in [-0.2, 0) is 11.3 Å². The van der Waals surface area contributed by atoms with Gasteiger partial charge in [-0.15, -0.1) is 11.3 Å². The standard InChI is InChI=1S/C22H23N3O3S/c1-15-20(23-21(28-15)19-8-5-11-29-19)22(26)25-13-17-18(14-25)27-10-9-24(17)12-16-6-3-2-4-7-16/h2-8,11,17-18H,9-10,12-14H2,1H3/t17-,18-/m1/s1. The molecule has 3 aromatic rings. The number of aryl methyl sites for hydroxylation is 1. The molecule has 2 fully saturated rings. The fourth-order valence-electron chi connectivity index (χ4n) is 4.19. The highest BCUT2D eigenvalue weighted by Crippen LogP contribution is 2.29. The van der Waals surface area contributed by atoms with Crippen LogP contribution in [0, 0.1) is 6.92 Å². The van der Waals surface area contributed by atoms with Crippen molar-refractivity contribution in [3.8, 4) is 10.8 Å². The summed E-state index contributed by atoms with van der Waals surface area (Å²) in [7, 11) is 0. The molecule has 2 atom stereocenters. The van der Waals surface area contributed by atoms with Gasteiger partial charge in [0.2, 0.25) is 5.89 Å². The summed E-state index contributed by atoms with van der Waals surface area (Å²) in [5.74, 6) is 1.00. The number of aromatic nitrogens is 1. The van der Waals surface area contributed by atoms with Gasteiger partial charge in [-0.1, -0.05) is 36.4 Å². The van der Waals surface area contributed by atoms with Crippen LogP contribution in [0.25, 0.3) is 10.8 Å². The minimum atomic E-state index is -0.0771. The first-order valence-corrected chi connectivity index (χ1v) is 10.8. The van der Waals surface area contributed by atoms with Crippen molar-refractivity contribution in [3.05, 3.63) is 64.9 Å². The van der Waals surface area contributed by atoms with E-state index in [2.05, 4.69) is 34.1 Å². The fourth-order valence-corrected chi connectivity index (χ4v) is 4.84. The number of carbonyl (C=O) groups is 1. The summed E-state index contributed by atoms with van der Waals surface area (Å²) in [6, 6.07) is 14.6. The van der Waals surface area contributed by atoms with Crippen molar-refractivity contribution in [2.45, 2.75) is 25.6 Å². The van der Waals surface area contributed by atoms with Gasteiger partial charge in [-0.3, -0.25) is 9.69 Å². The number of oxazole rings is 1. The Hall–Kier alpha value is -2.48. The van der Waals surface area contributed by atoms with E-state index >= 15 is 0 Å². The molecule has 0 N–H and O–H groups in total.